The number of carbonyl (C=O) groups excluding carboxylic acids is 1. The van der Waals surface area contributed by atoms with Gasteiger partial charge in [0.05, 0.1) is 17.7 Å². The lowest BCUT2D eigenvalue weighted by Gasteiger charge is -2.11. The van der Waals surface area contributed by atoms with Gasteiger partial charge in [0.15, 0.2) is 22.5 Å². The van der Waals surface area contributed by atoms with Gasteiger partial charge < -0.3 is 19.5 Å². The normalized spacial score (nSPS) is 11.9. The number of methoxy groups -OCH3 is 1. The van der Waals surface area contributed by atoms with Crippen molar-refractivity contribution in [3.63, 3.8) is 0 Å². The topological polar surface area (TPSA) is 87.5 Å². The number of hydrogen-bond donors (Lipinski definition) is 1. The van der Waals surface area contributed by atoms with E-state index in [2.05, 4.69) is 20.1 Å². The van der Waals surface area contributed by atoms with Crippen LogP contribution in [0.15, 0.2) is 89.4 Å². The molecule has 0 atom stereocenters. The summed E-state index contributed by atoms with van der Waals surface area (Å²) in [5, 5.41) is 14.7. The molecule has 8 nitrogen and oxygen atoms in total. The summed E-state index contributed by atoms with van der Waals surface area (Å²) in [6, 6.07) is 24.8. The third kappa shape index (κ3) is 4.96. The Hall–Kier alpha value is -4.28. The number of nitrogens with one attached hydrogen (secondary N) is 1. The van der Waals surface area contributed by atoms with Crippen molar-refractivity contribution in [3.05, 3.63) is 95.4 Å². The summed E-state index contributed by atoms with van der Waals surface area (Å²) in [6.45, 7) is 0.192. The standard InChI is InChI=1S/C28H22N4O4S2/c1-34-22-11-9-21(10-12-22)32-26(25-3-2-14-37-25)30-31-28(32)38-16-18-4-6-19(7-5-18)27(33)29-20-8-13-23-24(15-20)36-17-35-23/h2-15H,16-17H2,1H3,(H,29,33). The maximum Gasteiger partial charge on any atom is 0.255 e. The van der Waals surface area contributed by atoms with Gasteiger partial charge in [-0.15, -0.1) is 21.5 Å². The zero-order valence-corrected chi connectivity index (χ0v) is 21.9. The van der Waals surface area contributed by atoms with Crippen LogP contribution >= 0.6 is 23.1 Å². The summed E-state index contributed by atoms with van der Waals surface area (Å²) in [5.41, 5.74) is 3.24. The third-order valence-corrected chi connectivity index (χ3v) is 7.79. The minimum Gasteiger partial charge on any atom is -0.497 e. The minimum absolute atomic E-state index is 0.192. The van der Waals surface area contributed by atoms with E-state index in [9.17, 15) is 4.79 Å². The van der Waals surface area contributed by atoms with Gasteiger partial charge in [-0.1, -0.05) is 30.0 Å². The lowest BCUT2D eigenvalue weighted by atomic mass is 10.1. The van der Waals surface area contributed by atoms with Gasteiger partial charge in [-0.05, 0) is 65.5 Å². The lowest BCUT2D eigenvalue weighted by Crippen LogP contribution is -2.11. The average molecular weight is 543 g/mol. The monoisotopic (exact) mass is 542 g/mol. The molecule has 10 heteroatoms. The Morgan fingerprint density at radius 2 is 1.84 bits per heavy atom. The average Bonchev–Trinajstić information content (AvgIpc) is 3.73. The van der Waals surface area contributed by atoms with Gasteiger partial charge in [0.25, 0.3) is 5.91 Å². The van der Waals surface area contributed by atoms with Crippen molar-refractivity contribution < 1.29 is 19.0 Å². The summed E-state index contributed by atoms with van der Waals surface area (Å²) in [4.78, 5) is 13.8. The summed E-state index contributed by atoms with van der Waals surface area (Å²) in [5.74, 6) is 3.36. The molecule has 1 N–H and O–H groups in total. The molecule has 0 saturated carbocycles. The van der Waals surface area contributed by atoms with Crippen LogP contribution in [-0.4, -0.2) is 34.6 Å². The van der Waals surface area contributed by atoms with Crippen molar-refractivity contribution in [3.8, 4) is 33.6 Å². The predicted octanol–water partition coefficient (Wildman–Crippen LogP) is 6.28. The van der Waals surface area contributed by atoms with Crippen molar-refractivity contribution in [1.29, 1.82) is 0 Å². The van der Waals surface area contributed by atoms with E-state index < -0.39 is 0 Å². The van der Waals surface area contributed by atoms with Crippen LogP contribution < -0.4 is 19.5 Å². The molecular weight excluding hydrogens is 520 g/mol. The van der Waals surface area contributed by atoms with Gasteiger partial charge in [0, 0.05) is 23.1 Å². The van der Waals surface area contributed by atoms with Crippen LogP contribution in [0.5, 0.6) is 17.2 Å². The molecule has 190 valence electrons. The van der Waals surface area contributed by atoms with Gasteiger partial charge in [-0.25, -0.2) is 0 Å². The second kappa shape index (κ2) is 10.6. The number of amides is 1. The highest BCUT2D eigenvalue weighted by Gasteiger charge is 2.18. The Morgan fingerprint density at radius 1 is 1.03 bits per heavy atom. The Balaban J connectivity index is 1.17. The fourth-order valence-electron chi connectivity index (χ4n) is 3.97. The van der Waals surface area contributed by atoms with Crippen LogP contribution in [0.25, 0.3) is 16.4 Å². The van der Waals surface area contributed by atoms with Crippen LogP contribution in [-0.2, 0) is 5.75 Å². The van der Waals surface area contributed by atoms with E-state index in [4.69, 9.17) is 14.2 Å². The predicted molar refractivity (Wildman–Crippen MR) is 148 cm³/mol. The molecule has 1 aliphatic heterocycles. The van der Waals surface area contributed by atoms with Crippen LogP contribution in [0.3, 0.4) is 0 Å². The Bertz CT molecular complexity index is 1570. The molecule has 0 radical (unpaired) electrons. The SMILES string of the molecule is COc1ccc(-n2c(SCc3ccc(C(=O)Nc4ccc5c(c4)OCO5)cc3)nnc2-c2cccs2)cc1. The molecule has 3 aromatic carbocycles. The number of thiophene rings is 1. The molecule has 2 aromatic heterocycles. The van der Waals surface area contributed by atoms with E-state index in [1.54, 1.807) is 48.4 Å². The Labute approximate surface area is 227 Å². The van der Waals surface area contributed by atoms with Gasteiger partial charge in [0.2, 0.25) is 6.79 Å². The van der Waals surface area contributed by atoms with Crippen LogP contribution in [0, 0.1) is 0 Å². The van der Waals surface area contributed by atoms with E-state index in [1.165, 1.54) is 0 Å². The quantitative estimate of drug-likeness (QED) is 0.231. The second-order valence-corrected chi connectivity index (χ2v) is 10.2. The first-order valence-electron chi connectivity index (χ1n) is 11.7. The number of anilines is 1. The summed E-state index contributed by atoms with van der Waals surface area (Å²) >= 11 is 3.21. The molecule has 3 heterocycles. The summed E-state index contributed by atoms with van der Waals surface area (Å²) < 4.78 is 18.1. The highest BCUT2D eigenvalue weighted by molar-refractivity contribution is 7.98. The van der Waals surface area contributed by atoms with Gasteiger partial charge in [-0.3, -0.25) is 9.36 Å². The molecule has 6 rings (SSSR count). The van der Waals surface area contributed by atoms with Crippen LogP contribution in [0.2, 0.25) is 0 Å². The molecule has 38 heavy (non-hydrogen) atoms. The lowest BCUT2D eigenvalue weighted by molar-refractivity contribution is 0.102. The third-order valence-electron chi connectivity index (χ3n) is 5.92. The largest absolute Gasteiger partial charge is 0.497 e. The van der Waals surface area contributed by atoms with Gasteiger partial charge in [0.1, 0.15) is 5.75 Å². The fourth-order valence-corrected chi connectivity index (χ4v) is 5.58. The maximum atomic E-state index is 12.7. The van der Waals surface area contributed by atoms with E-state index >= 15 is 0 Å². The number of rotatable bonds is 8. The Morgan fingerprint density at radius 3 is 2.61 bits per heavy atom. The van der Waals surface area contributed by atoms with E-state index in [0.29, 0.717) is 28.5 Å². The highest BCUT2D eigenvalue weighted by Crippen LogP contribution is 2.35. The zero-order valence-electron chi connectivity index (χ0n) is 20.3. The maximum absolute atomic E-state index is 12.7. The number of nitrogens with zero attached hydrogens (tertiary/aromatic N) is 3. The van der Waals surface area contributed by atoms with E-state index in [-0.39, 0.29) is 12.7 Å². The molecule has 0 fully saturated rings. The second-order valence-electron chi connectivity index (χ2n) is 8.32. The molecular formula is C28H22N4O4S2. The molecule has 0 unspecified atom stereocenters. The molecule has 1 amide bonds. The first-order chi connectivity index (χ1) is 18.7. The number of thioether (sulfide) groups is 1. The molecule has 1 aliphatic rings. The zero-order chi connectivity index (χ0) is 25.9. The van der Waals surface area contributed by atoms with Crippen molar-refractivity contribution in [2.75, 3.05) is 19.2 Å². The van der Waals surface area contributed by atoms with Crippen LogP contribution in [0.4, 0.5) is 5.69 Å². The van der Waals surface area contributed by atoms with E-state index in [1.807, 2.05) is 66.0 Å². The molecule has 0 bridgehead atoms. The Kier molecular flexibility index (Phi) is 6.72. The van der Waals surface area contributed by atoms with Crippen LogP contribution in [0.1, 0.15) is 15.9 Å². The van der Waals surface area contributed by atoms with Crippen molar-refractivity contribution in [2.24, 2.45) is 0 Å². The molecule has 0 saturated heterocycles. The fraction of sp³-hybridized carbons (Fsp3) is 0.107. The van der Waals surface area contributed by atoms with Crippen molar-refractivity contribution >= 4 is 34.7 Å². The molecule has 5 aromatic rings. The summed E-state index contributed by atoms with van der Waals surface area (Å²) in [7, 11) is 1.65. The number of hydrogen-bond acceptors (Lipinski definition) is 8. The number of aromatic nitrogens is 3. The smallest absolute Gasteiger partial charge is 0.255 e. The minimum atomic E-state index is -0.192. The first kappa shape index (κ1) is 24.1. The number of benzene rings is 3. The van der Waals surface area contributed by atoms with Gasteiger partial charge >= 0.3 is 0 Å². The highest BCUT2D eigenvalue weighted by atomic mass is 32.2. The number of ether oxygens (including phenoxy) is 3. The summed E-state index contributed by atoms with van der Waals surface area (Å²) in [6.07, 6.45) is 0. The van der Waals surface area contributed by atoms with Crippen molar-refractivity contribution in [2.45, 2.75) is 10.9 Å². The van der Waals surface area contributed by atoms with Gasteiger partial charge in [-0.2, -0.15) is 0 Å². The van der Waals surface area contributed by atoms with Crippen molar-refractivity contribution in [1.82, 2.24) is 14.8 Å². The molecule has 0 aliphatic carbocycles. The molecule has 0 spiro atoms. The number of fused-ring (bicyclic) bond motifs is 1. The number of carbonyl (C=O) groups is 1. The first-order valence-corrected chi connectivity index (χ1v) is 13.6. The van der Waals surface area contributed by atoms with E-state index in [0.717, 1.165) is 32.9 Å².